The number of amides is 2. The van der Waals surface area contributed by atoms with E-state index >= 15 is 0 Å². The van der Waals surface area contributed by atoms with Crippen LogP contribution in [0.15, 0.2) is 30.3 Å². The van der Waals surface area contributed by atoms with E-state index in [0.717, 1.165) is 5.56 Å². The molecule has 0 atom stereocenters. The van der Waals surface area contributed by atoms with Gasteiger partial charge in [0.1, 0.15) is 11.2 Å². The number of nitrogens with zero attached hydrogens (tertiary/aromatic N) is 2. The molecule has 154 valence electrons. The molecule has 2 heterocycles. The lowest BCUT2D eigenvalue weighted by molar-refractivity contribution is -0.216. The van der Waals surface area contributed by atoms with Crippen molar-refractivity contribution in [1.29, 1.82) is 0 Å². The lowest BCUT2D eigenvalue weighted by atomic mass is 9.86. The monoisotopic (exact) mass is 388 g/mol. The number of hydrogen-bond acceptors (Lipinski definition) is 4. The molecular weight excluding hydrogens is 356 g/mol. The molecule has 0 bridgehead atoms. The highest BCUT2D eigenvalue weighted by molar-refractivity contribution is 5.85. The molecule has 1 aromatic rings. The van der Waals surface area contributed by atoms with Gasteiger partial charge in [0.15, 0.2) is 0 Å². The second-order valence-electron chi connectivity index (χ2n) is 9.41. The van der Waals surface area contributed by atoms with E-state index < -0.39 is 16.8 Å². The van der Waals surface area contributed by atoms with E-state index in [1.807, 2.05) is 69.9 Å². The molecule has 2 fully saturated rings. The van der Waals surface area contributed by atoms with Gasteiger partial charge in [0.25, 0.3) is 5.91 Å². The van der Waals surface area contributed by atoms with Gasteiger partial charge in [0, 0.05) is 19.6 Å². The smallest absolute Gasteiger partial charge is 0.410 e. The van der Waals surface area contributed by atoms with E-state index in [2.05, 4.69) is 0 Å². The maximum atomic E-state index is 12.9. The van der Waals surface area contributed by atoms with Crippen LogP contribution in [0.4, 0.5) is 4.79 Å². The van der Waals surface area contributed by atoms with E-state index in [0.29, 0.717) is 39.0 Å². The predicted octanol–water partition coefficient (Wildman–Crippen LogP) is 3.59. The number of carbonyl (C=O) groups is 2. The molecule has 6 nitrogen and oxygen atoms in total. The molecule has 1 aromatic carbocycles. The predicted molar refractivity (Wildman–Crippen MR) is 107 cm³/mol. The van der Waals surface area contributed by atoms with Gasteiger partial charge in [-0.2, -0.15) is 0 Å². The number of morpholine rings is 1. The summed E-state index contributed by atoms with van der Waals surface area (Å²) in [4.78, 5) is 28.9. The van der Waals surface area contributed by atoms with Gasteiger partial charge in [0.2, 0.25) is 0 Å². The Hall–Kier alpha value is -2.08. The lowest BCUT2D eigenvalue weighted by Gasteiger charge is -2.52. The first-order chi connectivity index (χ1) is 13.0. The average Bonchev–Trinajstić information content (AvgIpc) is 2.59. The maximum absolute atomic E-state index is 12.9. The number of rotatable bonds is 2. The van der Waals surface area contributed by atoms with Crippen LogP contribution in [0.25, 0.3) is 0 Å². The minimum atomic E-state index is -0.874. The number of carbonyl (C=O) groups excluding carboxylic acids is 2. The lowest BCUT2D eigenvalue weighted by Crippen LogP contribution is -2.65. The van der Waals surface area contributed by atoms with Gasteiger partial charge in [-0.25, -0.2) is 4.79 Å². The first-order valence-electron chi connectivity index (χ1n) is 10.0. The largest absolute Gasteiger partial charge is 0.444 e. The molecule has 2 aliphatic rings. The fourth-order valence-electron chi connectivity index (χ4n) is 4.03. The maximum Gasteiger partial charge on any atom is 0.410 e. The quantitative estimate of drug-likeness (QED) is 0.777. The van der Waals surface area contributed by atoms with Crippen LogP contribution in [0.1, 0.15) is 53.0 Å². The number of ether oxygens (including phenoxy) is 2. The van der Waals surface area contributed by atoms with Crippen molar-refractivity contribution in [1.82, 2.24) is 9.80 Å². The summed E-state index contributed by atoms with van der Waals surface area (Å²) in [5.74, 6) is 0.0107. The van der Waals surface area contributed by atoms with Crippen LogP contribution in [-0.2, 0) is 20.8 Å². The first-order valence-corrected chi connectivity index (χ1v) is 10.0. The zero-order chi connectivity index (χ0) is 20.6. The van der Waals surface area contributed by atoms with Crippen LogP contribution < -0.4 is 0 Å². The Bertz CT molecular complexity index is 716. The molecule has 2 aliphatic heterocycles. The zero-order valence-electron chi connectivity index (χ0n) is 17.7. The van der Waals surface area contributed by atoms with Crippen LogP contribution in [0, 0.1) is 0 Å². The van der Waals surface area contributed by atoms with E-state index in [9.17, 15) is 9.59 Å². The first kappa shape index (κ1) is 20.6. The van der Waals surface area contributed by atoms with Gasteiger partial charge in [-0.05, 0) is 53.0 Å². The summed E-state index contributed by atoms with van der Waals surface area (Å²) < 4.78 is 11.8. The molecule has 0 unspecified atom stereocenters. The Morgan fingerprint density at radius 2 is 1.75 bits per heavy atom. The Morgan fingerprint density at radius 3 is 2.32 bits per heavy atom. The molecule has 0 aliphatic carbocycles. The van der Waals surface area contributed by atoms with Crippen molar-refractivity contribution in [3.05, 3.63) is 35.9 Å². The molecule has 0 aromatic heterocycles. The molecule has 0 radical (unpaired) electrons. The minimum Gasteiger partial charge on any atom is -0.444 e. The van der Waals surface area contributed by atoms with Crippen molar-refractivity contribution in [2.24, 2.45) is 0 Å². The Kier molecular flexibility index (Phi) is 5.45. The fraction of sp³-hybridized carbons (Fsp3) is 0.636. The van der Waals surface area contributed by atoms with Crippen molar-refractivity contribution in [3.8, 4) is 0 Å². The highest BCUT2D eigenvalue weighted by Gasteiger charge is 2.51. The number of hydrogen-bond donors (Lipinski definition) is 0. The zero-order valence-corrected chi connectivity index (χ0v) is 17.7. The van der Waals surface area contributed by atoms with E-state index in [1.54, 1.807) is 4.90 Å². The summed E-state index contributed by atoms with van der Waals surface area (Å²) in [6.45, 7) is 11.6. The number of benzene rings is 1. The third-order valence-electron chi connectivity index (χ3n) is 5.30. The topological polar surface area (TPSA) is 59.1 Å². The van der Waals surface area contributed by atoms with E-state index in [1.165, 1.54) is 0 Å². The summed E-state index contributed by atoms with van der Waals surface area (Å²) in [5.41, 5.74) is -0.699. The molecule has 0 N–H and O–H groups in total. The molecule has 0 saturated carbocycles. The summed E-state index contributed by atoms with van der Waals surface area (Å²) >= 11 is 0. The normalized spacial score (nSPS) is 21.7. The molecule has 1 spiro atoms. The van der Waals surface area contributed by atoms with Crippen LogP contribution >= 0.6 is 0 Å². The molecule has 3 rings (SSSR count). The third-order valence-corrected chi connectivity index (χ3v) is 5.30. The van der Waals surface area contributed by atoms with Gasteiger partial charge in [-0.15, -0.1) is 0 Å². The van der Waals surface area contributed by atoms with Gasteiger partial charge >= 0.3 is 6.09 Å². The standard InChI is InChI=1S/C22H32N2O4/c1-20(2,3)27-19(26)23-13-11-22(12-14-23)16-24(18(25)21(4,5)28-22)15-17-9-7-6-8-10-17/h6-10H,11-16H2,1-5H3. The van der Waals surface area contributed by atoms with Gasteiger partial charge in [-0.3, -0.25) is 4.79 Å². The summed E-state index contributed by atoms with van der Waals surface area (Å²) in [7, 11) is 0. The highest BCUT2D eigenvalue weighted by Crippen LogP contribution is 2.38. The molecule has 2 amide bonds. The van der Waals surface area contributed by atoms with Crippen molar-refractivity contribution in [2.75, 3.05) is 19.6 Å². The molecule has 6 heteroatoms. The van der Waals surface area contributed by atoms with Crippen LogP contribution in [0.2, 0.25) is 0 Å². The van der Waals surface area contributed by atoms with Crippen molar-refractivity contribution < 1.29 is 19.1 Å². The van der Waals surface area contributed by atoms with Crippen LogP contribution in [-0.4, -0.2) is 58.2 Å². The summed E-state index contributed by atoms with van der Waals surface area (Å²) in [6.07, 6.45) is 1.09. The average molecular weight is 389 g/mol. The SMILES string of the molecule is CC(C)(C)OC(=O)N1CCC2(CC1)CN(Cc1ccccc1)C(=O)C(C)(C)O2. The minimum absolute atomic E-state index is 0.0107. The number of likely N-dealkylation sites (tertiary alicyclic amines) is 1. The number of piperidine rings is 1. The van der Waals surface area contributed by atoms with Crippen LogP contribution in [0.3, 0.4) is 0 Å². The second kappa shape index (κ2) is 7.39. The summed E-state index contributed by atoms with van der Waals surface area (Å²) in [6, 6.07) is 10.0. The van der Waals surface area contributed by atoms with Crippen LogP contribution in [0.5, 0.6) is 0 Å². The van der Waals surface area contributed by atoms with Crippen molar-refractivity contribution >= 4 is 12.0 Å². The molecular formula is C22H32N2O4. The second-order valence-corrected chi connectivity index (χ2v) is 9.41. The Labute approximate surface area is 167 Å². The van der Waals surface area contributed by atoms with E-state index in [4.69, 9.17) is 9.47 Å². The molecule has 2 saturated heterocycles. The summed E-state index contributed by atoms with van der Waals surface area (Å²) in [5, 5.41) is 0. The van der Waals surface area contributed by atoms with Crippen molar-refractivity contribution in [3.63, 3.8) is 0 Å². The third kappa shape index (κ3) is 4.66. The highest BCUT2D eigenvalue weighted by atomic mass is 16.6. The fourth-order valence-corrected chi connectivity index (χ4v) is 4.03. The Morgan fingerprint density at radius 1 is 1.14 bits per heavy atom. The van der Waals surface area contributed by atoms with Crippen molar-refractivity contribution in [2.45, 2.75) is 70.8 Å². The van der Waals surface area contributed by atoms with E-state index in [-0.39, 0.29) is 12.0 Å². The van der Waals surface area contributed by atoms with Gasteiger partial charge < -0.3 is 19.3 Å². The van der Waals surface area contributed by atoms with Gasteiger partial charge in [-0.1, -0.05) is 30.3 Å². The van der Waals surface area contributed by atoms with Gasteiger partial charge in [0.05, 0.1) is 12.1 Å². The molecule has 28 heavy (non-hydrogen) atoms. The Balaban J connectivity index is 1.70.